The van der Waals surface area contributed by atoms with Crippen LogP contribution in [0.15, 0.2) is 28.7 Å². The highest BCUT2D eigenvalue weighted by Crippen LogP contribution is 2.36. The molecule has 0 spiro atoms. The summed E-state index contributed by atoms with van der Waals surface area (Å²) in [7, 11) is 0. The molecule has 1 nitrogen and oxygen atoms in total. The zero-order chi connectivity index (χ0) is 10.7. The number of rotatable bonds is 1. The Labute approximate surface area is 99.6 Å². The molecule has 2 rings (SSSR count). The molecule has 0 aromatic heterocycles. The first-order valence-corrected chi connectivity index (χ1v) is 6.48. The quantitative estimate of drug-likeness (QED) is 0.764. The molecule has 1 aliphatic carbocycles. The van der Waals surface area contributed by atoms with Crippen molar-refractivity contribution in [3.63, 3.8) is 0 Å². The molecule has 0 bridgehead atoms. The van der Waals surface area contributed by atoms with E-state index in [9.17, 15) is 5.11 Å². The molecule has 1 saturated carbocycles. The molecular formula is C13H17BrO. The van der Waals surface area contributed by atoms with Crippen molar-refractivity contribution in [3.8, 4) is 0 Å². The van der Waals surface area contributed by atoms with Crippen molar-refractivity contribution in [1.29, 1.82) is 0 Å². The third kappa shape index (κ3) is 2.61. The first-order chi connectivity index (χ1) is 7.21. The standard InChI is InChI=1S/C13H17BrO/c14-12-7-5-11(6-8-12)13(15)9-3-1-2-4-10-13/h5-8,15H,1-4,9-10H2. The topological polar surface area (TPSA) is 20.2 Å². The summed E-state index contributed by atoms with van der Waals surface area (Å²) < 4.78 is 1.07. The minimum Gasteiger partial charge on any atom is -0.385 e. The van der Waals surface area contributed by atoms with Crippen LogP contribution in [0.4, 0.5) is 0 Å². The fourth-order valence-corrected chi connectivity index (χ4v) is 2.63. The predicted octanol–water partition coefficient (Wildman–Crippen LogP) is 3.99. The van der Waals surface area contributed by atoms with E-state index in [4.69, 9.17) is 0 Å². The van der Waals surface area contributed by atoms with Crippen molar-refractivity contribution in [2.75, 3.05) is 0 Å². The predicted molar refractivity (Wildman–Crippen MR) is 65.7 cm³/mol. The van der Waals surface area contributed by atoms with Gasteiger partial charge >= 0.3 is 0 Å². The van der Waals surface area contributed by atoms with Gasteiger partial charge in [-0.1, -0.05) is 53.7 Å². The zero-order valence-electron chi connectivity index (χ0n) is 8.88. The van der Waals surface area contributed by atoms with Crippen LogP contribution in [0.3, 0.4) is 0 Å². The summed E-state index contributed by atoms with van der Waals surface area (Å²) in [6.07, 6.45) is 6.64. The molecule has 0 aliphatic heterocycles. The molecule has 0 unspecified atom stereocenters. The summed E-state index contributed by atoms with van der Waals surface area (Å²) in [4.78, 5) is 0. The highest BCUT2D eigenvalue weighted by atomic mass is 79.9. The Hall–Kier alpha value is -0.340. The fourth-order valence-electron chi connectivity index (χ4n) is 2.36. The number of hydrogen-bond acceptors (Lipinski definition) is 1. The van der Waals surface area contributed by atoms with E-state index in [-0.39, 0.29) is 0 Å². The molecule has 82 valence electrons. The van der Waals surface area contributed by atoms with Gasteiger partial charge in [0.1, 0.15) is 0 Å². The van der Waals surface area contributed by atoms with Gasteiger partial charge in [-0.25, -0.2) is 0 Å². The second-order valence-electron chi connectivity index (χ2n) is 4.45. The van der Waals surface area contributed by atoms with Crippen molar-refractivity contribution in [2.45, 2.75) is 44.1 Å². The van der Waals surface area contributed by atoms with Gasteiger partial charge < -0.3 is 5.11 Å². The van der Waals surface area contributed by atoms with Crippen LogP contribution in [-0.4, -0.2) is 5.11 Å². The third-order valence-electron chi connectivity index (χ3n) is 3.31. The highest BCUT2D eigenvalue weighted by molar-refractivity contribution is 9.10. The Kier molecular flexibility index (Phi) is 3.47. The molecule has 1 aliphatic rings. The Morgan fingerprint density at radius 1 is 0.933 bits per heavy atom. The van der Waals surface area contributed by atoms with Crippen molar-refractivity contribution in [3.05, 3.63) is 34.3 Å². The average Bonchev–Trinajstić information content (AvgIpc) is 2.45. The smallest absolute Gasteiger partial charge is 0.0896 e. The van der Waals surface area contributed by atoms with Crippen molar-refractivity contribution < 1.29 is 5.11 Å². The Morgan fingerprint density at radius 2 is 1.47 bits per heavy atom. The molecule has 1 aromatic rings. The summed E-state index contributed by atoms with van der Waals surface area (Å²) in [5.74, 6) is 0. The van der Waals surface area contributed by atoms with Crippen LogP contribution in [0, 0.1) is 0 Å². The maximum Gasteiger partial charge on any atom is 0.0896 e. The monoisotopic (exact) mass is 268 g/mol. The molecule has 1 fully saturated rings. The Morgan fingerprint density at radius 3 is 2.00 bits per heavy atom. The van der Waals surface area contributed by atoms with E-state index in [1.807, 2.05) is 24.3 Å². The van der Waals surface area contributed by atoms with Gasteiger partial charge in [0.25, 0.3) is 0 Å². The van der Waals surface area contributed by atoms with Crippen LogP contribution in [0.1, 0.15) is 44.1 Å². The first kappa shape index (κ1) is 11.2. The molecule has 0 atom stereocenters. The highest BCUT2D eigenvalue weighted by Gasteiger charge is 2.29. The van der Waals surface area contributed by atoms with Crippen molar-refractivity contribution in [2.24, 2.45) is 0 Å². The molecule has 0 saturated heterocycles. The maximum absolute atomic E-state index is 10.6. The van der Waals surface area contributed by atoms with Crippen molar-refractivity contribution >= 4 is 15.9 Å². The normalized spacial score (nSPS) is 20.9. The molecule has 0 radical (unpaired) electrons. The van der Waals surface area contributed by atoms with Gasteiger partial charge in [0, 0.05) is 4.47 Å². The van der Waals surface area contributed by atoms with Crippen LogP contribution in [-0.2, 0) is 5.60 Å². The summed E-state index contributed by atoms with van der Waals surface area (Å²) in [5, 5.41) is 10.6. The van der Waals surface area contributed by atoms with E-state index in [0.29, 0.717) is 0 Å². The van der Waals surface area contributed by atoms with Crippen LogP contribution in [0.25, 0.3) is 0 Å². The lowest BCUT2D eigenvalue weighted by atomic mass is 9.87. The van der Waals surface area contributed by atoms with E-state index >= 15 is 0 Å². The second kappa shape index (κ2) is 4.67. The van der Waals surface area contributed by atoms with E-state index in [0.717, 1.165) is 35.7 Å². The Balaban J connectivity index is 2.22. The van der Waals surface area contributed by atoms with E-state index in [2.05, 4.69) is 15.9 Å². The number of benzene rings is 1. The largest absolute Gasteiger partial charge is 0.385 e. The number of halogens is 1. The van der Waals surface area contributed by atoms with Gasteiger partial charge in [0.05, 0.1) is 5.60 Å². The van der Waals surface area contributed by atoms with Crippen LogP contribution in [0.2, 0.25) is 0 Å². The van der Waals surface area contributed by atoms with Gasteiger partial charge in [0.2, 0.25) is 0 Å². The molecule has 2 heteroatoms. The summed E-state index contributed by atoms with van der Waals surface area (Å²) in [5.41, 5.74) is 0.504. The fraction of sp³-hybridized carbons (Fsp3) is 0.538. The lowest BCUT2D eigenvalue weighted by molar-refractivity contribution is 0.0207. The molecule has 1 aromatic carbocycles. The van der Waals surface area contributed by atoms with Gasteiger partial charge in [0.15, 0.2) is 0 Å². The lowest BCUT2D eigenvalue weighted by Gasteiger charge is -2.27. The van der Waals surface area contributed by atoms with Gasteiger partial charge in [-0.15, -0.1) is 0 Å². The third-order valence-corrected chi connectivity index (χ3v) is 3.84. The Bertz CT molecular complexity index is 310. The van der Waals surface area contributed by atoms with E-state index in [1.54, 1.807) is 0 Å². The van der Waals surface area contributed by atoms with Gasteiger partial charge in [-0.05, 0) is 30.5 Å². The molecule has 0 amide bonds. The van der Waals surface area contributed by atoms with Crippen molar-refractivity contribution in [1.82, 2.24) is 0 Å². The molecule has 1 N–H and O–H groups in total. The minimum atomic E-state index is -0.572. The number of aliphatic hydroxyl groups is 1. The molecule has 15 heavy (non-hydrogen) atoms. The maximum atomic E-state index is 10.6. The summed E-state index contributed by atoms with van der Waals surface area (Å²) in [6, 6.07) is 8.10. The number of hydrogen-bond donors (Lipinski definition) is 1. The lowest BCUT2D eigenvalue weighted by Crippen LogP contribution is -2.24. The first-order valence-electron chi connectivity index (χ1n) is 5.69. The average molecular weight is 269 g/mol. The molecular weight excluding hydrogens is 252 g/mol. The summed E-state index contributed by atoms with van der Waals surface area (Å²) >= 11 is 3.42. The summed E-state index contributed by atoms with van der Waals surface area (Å²) in [6.45, 7) is 0. The van der Waals surface area contributed by atoms with E-state index in [1.165, 1.54) is 12.8 Å². The van der Waals surface area contributed by atoms with Gasteiger partial charge in [-0.3, -0.25) is 0 Å². The molecule has 0 heterocycles. The van der Waals surface area contributed by atoms with Crippen LogP contribution in [0.5, 0.6) is 0 Å². The van der Waals surface area contributed by atoms with Crippen LogP contribution >= 0.6 is 15.9 Å². The SMILES string of the molecule is OC1(c2ccc(Br)cc2)CCCCCC1. The zero-order valence-corrected chi connectivity index (χ0v) is 10.5. The second-order valence-corrected chi connectivity index (χ2v) is 5.37. The van der Waals surface area contributed by atoms with Gasteiger partial charge in [-0.2, -0.15) is 0 Å². The van der Waals surface area contributed by atoms with Crippen LogP contribution < -0.4 is 0 Å². The minimum absolute atomic E-state index is 0.572. The van der Waals surface area contributed by atoms with E-state index < -0.39 is 5.60 Å².